The minimum atomic E-state index is -1.11. The Morgan fingerprint density at radius 3 is 2.68 bits per heavy atom. The van der Waals surface area contributed by atoms with Gasteiger partial charge in [-0.3, -0.25) is 4.79 Å². The summed E-state index contributed by atoms with van der Waals surface area (Å²) >= 11 is 0. The summed E-state index contributed by atoms with van der Waals surface area (Å²) in [5, 5.41) is 20.8. The van der Waals surface area contributed by atoms with Crippen molar-refractivity contribution >= 4 is 16.9 Å². The van der Waals surface area contributed by atoms with Crippen LogP contribution >= 0.6 is 0 Å². The van der Waals surface area contributed by atoms with E-state index in [0.717, 1.165) is 10.9 Å². The Bertz CT molecular complexity index is 1660. The summed E-state index contributed by atoms with van der Waals surface area (Å²) in [4.78, 5) is 21.4. The first-order valence-electron chi connectivity index (χ1n) is 12.0. The summed E-state index contributed by atoms with van der Waals surface area (Å²) in [6, 6.07) is 14.2. The van der Waals surface area contributed by atoms with Crippen molar-refractivity contribution in [1.82, 2.24) is 15.0 Å². The molecule has 0 spiro atoms. The number of hydrogen-bond donors (Lipinski definition) is 4. The quantitative estimate of drug-likeness (QED) is 0.192. The predicted octanol–water partition coefficient (Wildman–Crippen LogP) is 6.34. The van der Waals surface area contributed by atoms with Gasteiger partial charge in [0.15, 0.2) is 11.6 Å². The highest BCUT2D eigenvalue weighted by Gasteiger charge is 2.21. The van der Waals surface area contributed by atoms with Gasteiger partial charge in [0.2, 0.25) is 0 Å². The minimum Gasteiger partial charge on any atom is -0.481 e. The van der Waals surface area contributed by atoms with Crippen LogP contribution in [0.3, 0.4) is 0 Å². The third-order valence-electron chi connectivity index (χ3n) is 6.50. The number of imidazole rings is 1. The molecule has 0 aliphatic heterocycles. The Labute approximate surface area is 216 Å². The van der Waals surface area contributed by atoms with Gasteiger partial charge in [0, 0.05) is 40.8 Å². The maximum atomic E-state index is 14.9. The first-order chi connectivity index (χ1) is 18.2. The number of ether oxygens (including phenoxy) is 1. The molecule has 0 saturated heterocycles. The number of rotatable bonds is 8. The van der Waals surface area contributed by atoms with Gasteiger partial charge in [-0.1, -0.05) is 24.3 Å². The molecule has 0 bridgehead atoms. The summed E-state index contributed by atoms with van der Waals surface area (Å²) in [6.45, 7) is 3.46. The van der Waals surface area contributed by atoms with Gasteiger partial charge in [-0.15, -0.1) is 0 Å². The van der Waals surface area contributed by atoms with E-state index in [9.17, 15) is 18.7 Å². The number of carbonyl (C=O) groups is 1. The summed E-state index contributed by atoms with van der Waals surface area (Å²) in [7, 11) is 0. The number of carboxylic acid groups (broad SMARTS) is 1. The van der Waals surface area contributed by atoms with E-state index in [2.05, 4.69) is 15.0 Å². The van der Waals surface area contributed by atoms with Gasteiger partial charge in [-0.25, -0.2) is 13.8 Å². The van der Waals surface area contributed by atoms with Crippen molar-refractivity contribution in [3.63, 3.8) is 0 Å². The Morgan fingerprint density at radius 1 is 1.08 bits per heavy atom. The molecule has 38 heavy (non-hydrogen) atoms. The number of carboxylic acids is 1. The molecular weight excluding hydrogens is 492 g/mol. The molecule has 0 saturated carbocycles. The van der Waals surface area contributed by atoms with E-state index in [4.69, 9.17) is 9.84 Å². The van der Waals surface area contributed by atoms with Crippen LogP contribution in [-0.2, 0) is 11.2 Å². The van der Waals surface area contributed by atoms with Gasteiger partial charge in [0.25, 0.3) is 0 Å². The van der Waals surface area contributed by atoms with Gasteiger partial charge in [-0.05, 0) is 55.7 Å². The molecule has 3 aromatic carbocycles. The number of aliphatic carboxylic acids is 1. The third-order valence-corrected chi connectivity index (χ3v) is 6.50. The van der Waals surface area contributed by atoms with Gasteiger partial charge in [-0.2, -0.15) is 0 Å². The van der Waals surface area contributed by atoms with E-state index >= 15 is 0 Å². The van der Waals surface area contributed by atoms with Crippen molar-refractivity contribution in [2.24, 2.45) is 0 Å². The number of fused-ring (bicyclic) bond motifs is 1. The Kier molecular flexibility index (Phi) is 6.69. The second-order valence-electron chi connectivity index (χ2n) is 9.13. The highest BCUT2D eigenvalue weighted by atomic mass is 19.1. The fraction of sp³-hybridized carbons (Fsp3) is 0.172. The van der Waals surface area contributed by atoms with Crippen molar-refractivity contribution in [3.05, 3.63) is 101 Å². The fourth-order valence-corrected chi connectivity index (χ4v) is 4.51. The highest BCUT2D eigenvalue weighted by molar-refractivity contribution is 5.85. The zero-order chi connectivity index (χ0) is 27.0. The fourth-order valence-electron chi connectivity index (χ4n) is 4.51. The molecule has 1 atom stereocenters. The molecule has 0 aliphatic rings. The van der Waals surface area contributed by atoms with E-state index in [1.54, 1.807) is 44.3 Å². The zero-order valence-electron chi connectivity index (χ0n) is 20.7. The lowest BCUT2D eigenvalue weighted by Crippen LogP contribution is -2.04. The van der Waals surface area contributed by atoms with Crippen LogP contribution in [0.25, 0.3) is 22.3 Å². The van der Waals surface area contributed by atoms with E-state index in [-0.39, 0.29) is 29.3 Å². The van der Waals surface area contributed by atoms with Crippen LogP contribution < -0.4 is 4.74 Å². The van der Waals surface area contributed by atoms with Crippen molar-refractivity contribution in [3.8, 4) is 22.9 Å². The number of aryl methyl sites for hydroxylation is 3. The number of nitrogens with zero attached hydrogens (tertiary/aromatic N) is 1. The van der Waals surface area contributed by atoms with E-state index in [1.165, 1.54) is 24.3 Å². The molecule has 0 radical (unpaired) electrons. The second kappa shape index (κ2) is 10.1. The van der Waals surface area contributed by atoms with Crippen molar-refractivity contribution in [2.45, 2.75) is 32.8 Å². The molecule has 7 nitrogen and oxygen atoms in total. The lowest BCUT2D eigenvalue weighted by molar-refractivity contribution is -0.136. The van der Waals surface area contributed by atoms with Gasteiger partial charge in [0.05, 0.1) is 11.3 Å². The predicted molar refractivity (Wildman–Crippen MR) is 138 cm³/mol. The summed E-state index contributed by atoms with van der Waals surface area (Å²) < 4.78 is 35.5. The topological polar surface area (TPSA) is 111 Å². The number of halogens is 2. The van der Waals surface area contributed by atoms with Gasteiger partial charge < -0.3 is 24.9 Å². The molecule has 9 heteroatoms. The molecular formula is C29H25F2N3O4. The first kappa shape index (κ1) is 25.2. The largest absolute Gasteiger partial charge is 0.481 e. The minimum absolute atomic E-state index is 0.0225. The molecule has 0 aliphatic carbocycles. The lowest BCUT2D eigenvalue weighted by Gasteiger charge is -2.12. The molecule has 4 N–H and O–H groups in total. The average Bonchev–Trinajstić information content (AvgIpc) is 3.52. The lowest BCUT2D eigenvalue weighted by atomic mass is 10.0. The monoisotopic (exact) mass is 517 g/mol. The van der Waals surface area contributed by atoms with Crippen LogP contribution in [0.15, 0.2) is 60.8 Å². The second-order valence-corrected chi connectivity index (χ2v) is 9.13. The van der Waals surface area contributed by atoms with Crippen molar-refractivity contribution < 1.29 is 28.5 Å². The van der Waals surface area contributed by atoms with E-state index in [1.807, 2.05) is 6.07 Å². The first-order valence-corrected chi connectivity index (χ1v) is 12.0. The van der Waals surface area contributed by atoms with Crippen LogP contribution in [0.2, 0.25) is 0 Å². The maximum Gasteiger partial charge on any atom is 0.303 e. The summed E-state index contributed by atoms with van der Waals surface area (Å²) in [5.74, 6) is -1.57. The van der Waals surface area contributed by atoms with E-state index < -0.39 is 23.7 Å². The third kappa shape index (κ3) is 4.88. The Hall–Kier alpha value is -4.50. The summed E-state index contributed by atoms with van der Waals surface area (Å²) in [5.41, 5.74) is 3.51. The van der Waals surface area contributed by atoms with Crippen LogP contribution in [0.1, 0.15) is 40.6 Å². The molecule has 1 unspecified atom stereocenters. The van der Waals surface area contributed by atoms with Crippen LogP contribution in [0, 0.1) is 25.5 Å². The van der Waals surface area contributed by atoms with E-state index in [0.29, 0.717) is 34.5 Å². The number of aromatic amines is 2. The van der Waals surface area contributed by atoms with Gasteiger partial charge >= 0.3 is 5.97 Å². The van der Waals surface area contributed by atoms with Crippen LogP contribution in [0.5, 0.6) is 11.5 Å². The molecule has 2 heterocycles. The average molecular weight is 518 g/mol. The number of aliphatic hydroxyl groups excluding tert-OH is 1. The SMILES string of the molecule is Cc1[nH]c(-c2cc(Oc3c(F)cc4[nH]ccc4c3C)ccc2F)nc1C(O)c1cccc(CCC(=O)O)c1. The Morgan fingerprint density at radius 2 is 1.89 bits per heavy atom. The van der Waals surface area contributed by atoms with Gasteiger partial charge in [0.1, 0.15) is 23.5 Å². The van der Waals surface area contributed by atoms with Crippen LogP contribution in [-0.4, -0.2) is 31.1 Å². The number of benzene rings is 3. The van der Waals surface area contributed by atoms with Crippen LogP contribution in [0.4, 0.5) is 8.78 Å². The molecule has 5 rings (SSSR count). The number of hydrogen-bond acceptors (Lipinski definition) is 4. The summed E-state index contributed by atoms with van der Waals surface area (Å²) in [6.07, 6.45) is 0.910. The van der Waals surface area contributed by atoms with Crippen molar-refractivity contribution in [1.29, 1.82) is 0 Å². The molecule has 2 aromatic heterocycles. The molecule has 0 amide bonds. The van der Waals surface area contributed by atoms with Crippen molar-refractivity contribution in [2.75, 3.05) is 0 Å². The zero-order valence-corrected chi connectivity index (χ0v) is 20.7. The Balaban J connectivity index is 1.44. The highest BCUT2D eigenvalue weighted by Crippen LogP contribution is 2.36. The number of aromatic nitrogens is 3. The standard InChI is InChI=1S/C29H25F2N3O4/c1-15-20-10-11-32-24(20)14-23(31)28(15)38-19-7-8-22(30)21(13-19)29-33-16(2)26(34-29)27(37)18-5-3-4-17(12-18)6-9-25(35)36/h3-5,7-8,10-14,27,32,37H,6,9H2,1-2H3,(H,33,34)(H,35,36). The number of aliphatic hydroxyl groups is 1. The molecule has 0 fully saturated rings. The molecule has 5 aromatic rings. The smallest absolute Gasteiger partial charge is 0.303 e. The maximum absolute atomic E-state index is 14.9. The molecule has 194 valence electrons. The number of H-pyrrole nitrogens is 2. The number of nitrogens with one attached hydrogen (secondary N) is 2. The normalized spacial score (nSPS) is 12.1.